The summed E-state index contributed by atoms with van der Waals surface area (Å²) in [7, 11) is 1.67. The number of benzene rings is 2. The van der Waals surface area contributed by atoms with E-state index in [1.54, 1.807) is 7.11 Å². The van der Waals surface area contributed by atoms with E-state index in [2.05, 4.69) is 22.0 Å². The molecule has 150 valence electrons. The van der Waals surface area contributed by atoms with Crippen molar-refractivity contribution >= 4 is 6.08 Å². The number of halogens is 1. The van der Waals surface area contributed by atoms with E-state index in [0.717, 1.165) is 56.0 Å². The molecule has 2 aromatic rings. The largest absolute Gasteiger partial charge is 0.497 e. The minimum absolute atomic E-state index is 0.181. The molecule has 0 spiro atoms. The second kappa shape index (κ2) is 10.4. The Morgan fingerprint density at radius 3 is 2.54 bits per heavy atom. The van der Waals surface area contributed by atoms with Gasteiger partial charge >= 0.3 is 0 Å². The van der Waals surface area contributed by atoms with Gasteiger partial charge in [0.1, 0.15) is 11.6 Å². The van der Waals surface area contributed by atoms with Crippen molar-refractivity contribution in [2.75, 3.05) is 39.9 Å². The topological polar surface area (TPSA) is 35.9 Å². The number of nitrogens with zero attached hydrogens (tertiary/aromatic N) is 2. The predicted molar refractivity (Wildman–Crippen MR) is 111 cm³/mol. The van der Waals surface area contributed by atoms with Crippen molar-refractivity contribution in [2.45, 2.75) is 19.0 Å². The lowest BCUT2D eigenvalue weighted by atomic mass is 10.1. The van der Waals surface area contributed by atoms with Crippen LogP contribution in [0.2, 0.25) is 0 Å². The van der Waals surface area contributed by atoms with E-state index in [-0.39, 0.29) is 12.4 Å². The van der Waals surface area contributed by atoms with E-state index in [9.17, 15) is 9.50 Å². The Morgan fingerprint density at radius 2 is 1.86 bits per heavy atom. The fourth-order valence-electron chi connectivity index (χ4n) is 3.63. The van der Waals surface area contributed by atoms with Crippen LogP contribution in [0.1, 0.15) is 17.5 Å². The first-order chi connectivity index (χ1) is 13.7. The molecule has 0 aliphatic carbocycles. The highest BCUT2D eigenvalue weighted by molar-refractivity contribution is 5.50. The van der Waals surface area contributed by atoms with Crippen molar-refractivity contribution < 1.29 is 14.2 Å². The number of hydrogen-bond donors (Lipinski definition) is 1. The third-order valence-electron chi connectivity index (χ3n) is 5.24. The SMILES string of the molecule is COc1ccc(C=CCN2CCN(Cc3ccc(F)cc3)C(CCO)C2)cc1. The summed E-state index contributed by atoms with van der Waals surface area (Å²) in [6, 6.07) is 15.0. The third-order valence-corrected chi connectivity index (χ3v) is 5.24. The second-order valence-electron chi connectivity index (χ2n) is 7.20. The van der Waals surface area contributed by atoms with Crippen LogP contribution in [-0.4, -0.2) is 60.8 Å². The van der Waals surface area contributed by atoms with Crippen molar-refractivity contribution in [1.29, 1.82) is 0 Å². The van der Waals surface area contributed by atoms with Crippen molar-refractivity contribution in [3.8, 4) is 5.75 Å². The van der Waals surface area contributed by atoms with Crippen LogP contribution in [0, 0.1) is 5.82 Å². The summed E-state index contributed by atoms with van der Waals surface area (Å²) in [5.41, 5.74) is 2.26. The van der Waals surface area contributed by atoms with Gasteiger partial charge in [-0.05, 0) is 41.8 Å². The Labute approximate surface area is 166 Å². The zero-order valence-corrected chi connectivity index (χ0v) is 16.4. The lowest BCUT2D eigenvalue weighted by molar-refractivity contribution is 0.0597. The van der Waals surface area contributed by atoms with Gasteiger partial charge in [-0.2, -0.15) is 0 Å². The van der Waals surface area contributed by atoms with Crippen molar-refractivity contribution in [1.82, 2.24) is 9.80 Å². The van der Waals surface area contributed by atoms with E-state index < -0.39 is 0 Å². The molecule has 0 bridgehead atoms. The van der Waals surface area contributed by atoms with Gasteiger partial charge < -0.3 is 9.84 Å². The van der Waals surface area contributed by atoms with Crippen LogP contribution in [0.4, 0.5) is 4.39 Å². The molecule has 1 fully saturated rings. The average molecular weight is 384 g/mol. The molecule has 28 heavy (non-hydrogen) atoms. The summed E-state index contributed by atoms with van der Waals surface area (Å²) >= 11 is 0. The number of aliphatic hydroxyl groups excluding tert-OH is 1. The maximum Gasteiger partial charge on any atom is 0.123 e. The lowest BCUT2D eigenvalue weighted by Gasteiger charge is -2.41. The van der Waals surface area contributed by atoms with Crippen LogP contribution in [0.25, 0.3) is 6.08 Å². The van der Waals surface area contributed by atoms with Gasteiger partial charge in [-0.25, -0.2) is 4.39 Å². The van der Waals surface area contributed by atoms with Crippen molar-refractivity contribution in [3.05, 3.63) is 71.6 Å². The minimum atomic E-state index is -0.205. The maximum absolute atomic E-state index is 13.1. The maximum atomic E-state index is 13.1. The summed E-state index contributed by atoms with van der Waals surface area (Å²) < 4.78 is 18.3. The molecular weight excluding hydrogens is 355 g/mol. The van der Waals surface area contributed by atoms with Crippen molar-refractivity contribution in [2.24, 2.45) is 0 Å². The molecule has 1 unspecified atom stereocenters. The zero-order chi connectivity index (χ0) is 19.8. The first-order valence-corrected chi connectivity index (χ1v) is 9.80. The van der Waals surface area contributed by atoms with E-state index in [0.29, 0.717) is 6.04 Å². The first kappa shape index (κ1) is 20.5. The van der Waals surface area contributed by atoms with Gasteiger partial charge in [0.15, 0.2) is 0 Å². The number of ether oxygens (including phenoxy) is 1. The number of rotatable bonds is 8. The first-order valence-electron chi connectivity index (χ1n) is 9.80. The second-order valence-corrected chi connectivity index (χ2v) is 7.20. The minimum Gasteiger partial charge on any atom is -0.497 e. The standard InChI is InChI=1S/C23H29FN2O2/c1-28-23-10-6-19(7-11-23)3-2-13-25-14-15-26(22(18-25)12-16-27)17-20-4-8-21(24)9-5-20/h2-11,22,27H,12-18H2,1H3. The summed E-state index contributed by atoms with van der Waals surface area (Å²) in [6.45, 7) is 4.71. The molecule has 2 aromatic carbocycles. The van der Waals surface area contributed by atoms with Crippen LogP contribution >= 0.6 is 0 Å². The van der Waals surface area contributed by atoms with Crippen LogP contribution in [0.5, 0.6) is 5.75 Å². The van der Waals surface area contributed by atoms with E-state index in [4.69, 9.17) is 4.74 Å². The molecule has 0 amide bonds. The van der Waals surface area contributed by atoms with Crippen molar-refractivity contribution in [3.63, 3.8) is 0 Å². The summed E-state index contributed by atoms with van der Waals surface area (Å²) in [5.74, 6) is 0.658. The normalized spacial score (nSPS) is 18.6. The smallest absolute Gasteiger partial charge is 0.123 e. The van der Waals surface area contributed by atoms with Gasteiger partial charge in [-0.15, -0.1) is 0 Å². The molecule has 1 atom stereocenters. The van der Waals surface area contributed by atoms with E-state index in [1.807, 2.05) is 36.4 Å². The highest BCUT2D eigenvalue weighted by atomic mass is 19.1. The molecule has 1 heterocycles. The van der Waals surface area contributed by atoms with E-state index >= 15 is 0 Å². The number of methoxy groups -OCH3 is 1. The Hall–Kier alpha value is -2.21. The van der Waals surface area contributed by atoms with Gasteiger partial charge in [0.2, 0.25) is 0 Å². The Kier molecular flexibility index (Phi) is 7.60. The number of aliphatic hydroxyl groups is 1. The number of hydrogen-bond acceptors (Lipinski definition) is 4. The lowest BCUT2D eigenvalue weighted by Crippen LogP contribution is -2.52. The summed E-state index contributed by atoms with van der Waals surface area (Å²) in [6.07, 6.45) is 5.07. The fraction of sp³-hybridized carbons (Fsp3) is 0.391. The molecule has 0 radical (unpaired) electrons. The molecular formula is C23H29FN2O2. The average Bonchev–Trinajstić information content (AvgIpc) is 2.72. The fourth-order valence-corrected chi connectivity index (χ4v) is 3.63. The predicted octanol–water partition coefficient (Wildman–Crippen LogP) is 3.42. The Morgan fingerprint density at radius 1 is 1.11 bits per heavy atom. The summed E-state index contributed by atoms with van der Waals surface area (Å²) in [4.78, 5) is 4.81. The van der Waals surface area contributed by atoms with Crippen LogP contribution in [0.15, 0.2) is 54.6 Å². The number of piperazine rings is 1. The van der Waals surface area contributed by atoms with Gasteiger partial charge in [-0.1, -0.05) is 36.4 Å². The monoisotopic (exact) mass is 384 g/mol. The molecule has 0 aromatic heterocycles. The van der Waals surface area contributed by atoms with Crippen LogP contribution in [0.3, 0.4) is 0 Å². The van der Waals surface area contributed by atoms with E-state index in [1.165, 1.54) is 12.1 Å². The van der Waals surface area contributed by atoms with Gasteiger partial charge in [0.25, 0.3) is 0 Å². The zero-order valence-electron chi connectivity index (χ0n) is 16.4. The Balaban J connectivity index is 1.53. The van der Waals surface area contributed by atoms with Gasteiger partial charge in [0.05, 0.1) is 7.11 Å². The molecule has 3 rings (SSSR count). The molecule has 1 aliphatic rings. The summed E-state index contributed by atoms with van der Waals surface area (Å²) in [5, 5.41) is 9.47. The molecule has 1 N–H and O–H groups in total. The molecule has 5 heteroatoms. The van der Waals surface area contributed by atoms with Gasteiger partial charge in [-0.3, -0.25) is 9.80 Å². The highest BCUT2D eigenvalue weighted by Gasteiger charge is 2.26. The molecule has 1 saturated heterocycles. The van der Waals surface area contributed by atoms with Crippen LogP contribution in [-0.2, 0) is 6.54 Å². The molecule has 1 aliphatic heterocycles. The third kappa shape index (κ3) is 5.89. The molecule has 4 nitrogen and oxygen atoms in total. The highest BCUT2D eigenvalue weighted by Crippen LogP contribution is 2.17. The molecule has 0 saturated carbocycles. The van der Waals surface area contributed by atoms with Gasteiger partial charge in [0, 0.05) is 45.4 Å². The quantitative estimate of drug-likeness (QED) is 0.757. The Bertz CT molecular complexity index is 746. The van der Waals surface area contributed by atoms with Crippen LogP contribution < -0.4 is 4.74 Å².